The molecule has 0 bridgehead atoms. The quantitative estimate of drug-likeness (QED) is 0.287. The van der Waals surface area contributed by atoms with Crippen LogP contribution in [0.25, 0.3) is 21.9 Å². The van der Waals surface area contributed by atoms with Gasteiger partial charge in [-0.15, -0.1) is 0 Å². The minimum Gasteiger partial charge on any atom is -0.444 e. The fraction of sp³-hybridized carbons (Fsp3) is 0.571. The molecule has 3 aromatic rings. The first-order valence-electron chi connectivity index (χ1n) is 13.5. The number of nitriles is 1. The Bertz CT molecular complexity index is 1400. The second kappa shape index (κ2) is 11.2. The van der Waals surface area contributed by atoms with E-state index in [2.05, 4.69) is 41.0 Å². The molecule has 0 radical (unpaired) electrons. The number of fused-ring (bicyclic) bond motifs is 3. The van der Waals surface area contributed by atoms with Crippen LogP contribution in [0.2, 0.25) is 25.7 Å². The van der Waals surface area contributed by atoms with E-state index in [1.807, 2.05) is 32.3 Å². The molecule has 1 unspecified atom stereocenters. The lowest BCUT2D eigenvalue weighted by Crippen LogP contribution is -2.46. The van der Waals surface area contributed by atoms with Gasteiger partial charge in [0.25, 0.3) is 0 Å². The molecule has 1 N–H and O–H groups in total. The zero-order chi connectivity index (χ0) is 28.5. The molecule has 0 spiro atoms. The number of aromatic nitrogens is 3. The standard InChI is InChI=1S/C28H39FN6O3Si/c1-18(35(20-8-9-31-14-20)27(36)38-28(2,3)4)24-22(29)15-33-26-25(24)21-12-19(13-30)32-16-23(21)34(26)17-37-10-11-39(5,6)7/h12,15-16,18,20,31H,8-11,14,17H2,1-7H3/t18?,20-/m0/s1. The van der Waals surface area contributed by atoms with Crippen LogP contribution < -0.4 is 5.32 Å². The molecule has 1 aliphatic rings. The molecule has 4 heterocycles. The second-order valence-electron chi connectivity index (χ2n) is 12.4. The highest BCUT2D eigenvalue weighted by Crippen LogP contribution is 2.38. The molecule has 1 amide bonds. The lowest BCUT2D eigenvalue weighted by Gasteiger charge is -2.36. The molecule has 0 saturated carbocycles. The van der Waals surface area contributed by atoms with Crippen molar-refractivity contribution in [3.63, 3.8) is 0 Å². The maximum absolute atomic E-state index is 15.8. The molecule has 2 atom stereocenters. The number of pyridine rings is 2. The van der Waals surface area contributed by atoms with Gasteiger partial charge >= 0.3 is 6.09 Å². The van der Waals surface area contributed by atoms with Crippen molar-refractivity contribution in [3.05, 3.63) is 35.5 Å². The highest BCUT2D eigenvalue weighted by atomic mass is 28.3. The summed E-state index contributed by atoms with van der Waals surface area (Å²) in [4.78, 5) is 23.9. The summed E-state index contributed by atoms with van der Waals surface area (Å²) in [5, 5.41) is 14.1. The first-order valence-corrected chi connectivity index (χ1v) is 17.2. The SMILES string of the molecule is CC(c1c(F)cnc2c1c1cc(C#N)ncc1n2COCC[Si](C)(C)C)N(C(=O)OC(C)(C)C)[C@H]1CCNC1. The summed E-state index contributed by atoms with van der Waals surface area (Å²) < 4.78 is 29.5. The number of hydrogen-bond donors (Lipinski definition) is 1. The summed E-state index contributed by atoms with van der Waals surface area (Å²) in [7, 11) is -1.29. The van der Waals surface area contributed by atoms with E-state index < -0.39 is 31.6 Å². The maximum atomic E-state index is 15.8. The second-order valence-corrected chi connectivity index (χ2v) is 18.0. The van der Waals surface area contributed by atoms with Crippen molar-refractivity contribution in [3.8, 4) is 6.07 Å². The number of nitrogens with zero attached hydrogens (tertiary/aromatic N) is 5. The van der Waals surface area contributed by atoms with Gasteiger partial charge in [0.05, 0.1) is 24.0 Å². The zero-order valence-corrected chi connectivity index (χ0v) is 25.0. The van der Waals surface area contributed by atoms with Crippen molar-refractivity contribution in [1.82, 2.24) is 24.8 Å². The Morgan fingerprint density at radius 1 is 1.33 bits per heavy atom. The molecule has 9 nitrogen and oxygen atoms in total. The van der Waals surface area contributed by atoms with Gasteiger partial charge in [-0.2, -0.15) is 5.26 Å². The van der Waals surface area contributed by atoms with Crippen LogP contribution in [0.3, 0.4) is 0 Å². The molecular formula is C28H39FN6O3Si. The lowest BCUT2D eigenvalue weighted by molar-refractivity contribution is 0.00815. The van der Waals surface area contributed by atoms with Crippen LogP contribution in [0.15, 0.2) is 18.5 Å². The Kier molecular flexibility index (Phi) is 8.30. The van der Waals surface area contributed by atoms with E-state index >= 15 is 4.39 Å². The van der Waals surface area contributed by atoms with Gasteiger partial charge < -0.3 is 14.8 Å². The number of amides is 1. The van der Waals surface area contributed by atoms with Crippen molar-refractivity contribution in [2.75, 3.05) is 19.7 Å². The average Bonchev–Trinajstić information content (AvgIpc) is 3.46. The molecule has 210 valence electrons. The zero-order valence-electron chi connectivity index (χ0n) is 24.0. The third-order valence-electron chi connectivity index (χ3n) is 6.95. The van der Waals surface area contributed by atoms with Crippen LogP contribution in [0.1, 0.15) is 51.4 Å². The van der Waals surface area contributed by atoms with Gasteiger partial charge in [0.1, 0.15) is 35.6 Å². The Morgan fingerprint density at radius 3 is 2.69 bits per heavy atom. The van der Waals surface area contributed by atoms with Gasteiger partial charge in [0, 0.05) is 43.6 Å². The predicted octanol–water partition coefficient (Wildman–Crippen LogP) is 5.57. The third-order valence-corrected chi connectivity index (χ3v) is 8.65. The molecule has 4 rings (SSSR count). The highest BCUT2D eigenvalue weighted by Gasteiger charge is 2.37. The first kappa shape index (κ1) is 28.9. The number of nitrogens with one attached hydrogen (secondary N) is 1. The van der Waals surface area contributed by atoms with Gasteiger partial charge in [-0.1, -0.05) is 19.6 Å². The number of carbonyl (C=O) groups is 1. The first-order chi connectivity index (χ1) is 18.3. The lowest BCUT2D eigenvalue weighted by atomic mass is 10.00. The third kappa shape index (κ3) is 6.40. The number of carbonyl (C=O) groups excluding carboxylic acids is 1. The Morgan fingerprint density at radius 2 is 2.08 bits per heavy atom. The van der Waals surface area contributed by atoms with Crippen molar-refractivity contribution in [2.24, 2.45) is 0 Å². The van der Waals surface area contributed by atoms with E-state index in [1.54, 1.807) is 17.2 Å². The van der Waals surface area contributed by atoms with E-state index in [9.17, 15) is 10.1 Å². The summed E-state index contributed by atoms with van der Waals surface area (Å²) in [6.07, 6.45) is 3.04. The van der Waals surface area contributed by atoms with Crippen molar-refractivity contribution < 1.29 is 18.7 Å². The molecule has 0 aliphatic carbocycles. The number of rotatable bonds is 8. The molecule has 1 fully saturated rings. The van der Waals surface area contributed by atoms with Crippen molar-refractivity contribution in [2.45, 2.75) is 84.2 Å². The largest absolute Gasteiger partial charge is 0.444 e. The van der Waals surface area contributed by atoms with Crippen LogP contribution in [-0.2, 0) is 16.2 Å². The highest BCUT2D eigenvalue weighted by molar-refractivity contribution is 6.76. The summed E-state index contributed by atoms with van der Waals surface area (Å²) >= 11 is 0. The average molecular weight is 555 g/mol. The van der Waals surface area contributed by atoms with E-state index in [4.69, 9.17) is 9.47 Å². The van der Waals surface area contributed by atoms with Crippen molar-refractivity contribution in [1.29, 1.82) is 5.26 Å². The molecule has 39 heavy (non-hydrogen) atoms. The van der Waals surface area contributed by atoms with Gasteiger partial charge in [0.15, 0.2) is 0 Å². The normalized spacial score (nSPS) is 16.9. The molecule has 1 aliphatic heterocycles. The number of ether oxygens (including phenoxy) is 2. The minimum atomic E-state index is -1.29. The van der Waals surface area contributed by atoms with Crippen LogP contribution in [0.4, 0.5) is 9.18 Å². The number of halogens is 1. The Balaban J connectivity index is 1.86. The molecule has 3 aromatic heterocycles. The van der Waals surface area contributed by atoms with Crippen LogP contribution in [-0.4, -0.2) is 64.9 Å². The van der Waals surface area contributed by atoms with Gasteiger partial charge in [-0.05, 0) is 52.8 Å². The summed E-state index contributed by atoms with van der Waals surface area (Å²) in [5.74, 6) is -0.525. The predicted molar refractivity (Wildman–Crippen MR) is 152 cm³/mol. The number of hydrogen-bond acceptors (Lipinski definition) is 7. The topological polar surface area (TPSA) is 105 Å². The fourth-order valence-electron chi connectivity index (χ4n) is 5.03. The van der Waals surface area contributed by atoms with Crippen LogP contribution >= 0.6 is 0 Å². The maximum Gasteiger partial charge on any atom is 0.411 e. The Labute approximate surface area is 230 Å². The van der Waals surface area contributed by atoms with Crippen LogP contribution in [0, 0.1) is 17.1 Å². The summed E-state index contributed by atoms with van der Waals surface area (Å²) in [6.45, 7) is 16.3. The fourth-order valence-corrected chi connectivity index (χ4v) is 5.78. The van der Waals surface area contributed by atoms with Gasteiger partial charge in [-0.25, -0.2) is 19.2 Å². The van der Waals surface area contributed by atoms with E-state index in [0.717, 1.165) is 19.0 Å². The molecule has 11 heteroatoms. The molecule has 0 aromatic carbocycles. The summed E-state index contributed by atoms with van der Waals surface area (Å²) in [5.41, 5.74) is 1.05. The van der Waals surface area contributed by atoms with E-state index in [1.165, 1.54) is 6.20 Å². The molecule has 1 saturated heterocycles. The monoisotopic (exact) mass is 554 g/mol. The van der Waals surface area contributed by atoms with E-state index in [-0.39, 0.29) is 18.5 Å². The van der Waals surface area contributed by atoms with Crippen molar-refractivity contribution >= 4 is 36.1 Å². The Hall–Kier alpha value is -3.07. The van der Waals surface area contributed by atoms with Gasteiger partial charge in [0.2, 0.25) is 0 Å². The van der Waals surface area contributed by atoms with Gasteiger partial charge in [-0.3, -0.25) is 9.47 Å². The van der Waals surface area contributed by atoms with Crippen LogP contribution in [0.5, 0.6) is 0 Å². The molecular weight excluding hydrogens is 515 g/mol. The van der Waals surface area contributed by atoms with E-state index in [0.29, 0.717) is 40.7 Å². The summed E-state index contributed by atoms with van der Waals surface area (Å²) in [6, 6.07) is 3.92. The smallest absolute Gasteiger partial charge is 0.411 e. The minimum absolute atomic E-state index is 0.160.